The zero-order valence-electron chi connectivity index (χ0n) is 9.68. The summed E-state index contributed by atoms with van der Waals surface area (Å²) in [5, 5.41) is 4.23. The van der Waals surface area contributed by atoms with Gasteiger partial charge in [0.25, 0.3) is 0 Å². The zero-order chi connectivity index (χ0) is 12.3. The highest BCUT2D eigenvalue weighted by Gasteiger charge is 2.12. The quantitative estimate of drug-likeness (QED) is 0.941. The van der Waals surface area contributed by atoms with Crippen molar-refractivity contribution < 1.29 is 0 Å². The van der Waals surface area contributed by atoms with E-state index in [1.165, 1.54) is 0 Å². The number of pyridine rings is 1. The average molecular weight is 295 g/mol. The third kappa shape index (κ3) is 2.92. The standard InChI is InChI=1S/C12H15BrN4/c1-2-17-8-9(7-16-17)6-11(14)12-10(13)4-3-5-15-12/h3-5,7-8,11H,2,6,14H2,1H3. The Kier molecular flexibility index (Phi) is 3.91. The highest BCUT2D eigenvalue weighted by atomic mass is 79.9. The smallest absolute Gasteiger partial charge is 0.0716 e. The third-order valence-corrected chi connectivity index (χ3v) is 3.28. The SMILES string of the molecule is CCn1cc(CC(N)c2ncccc2Br)cn1. The fourth-order valence-electron chi connectivity index (χ4n) is 1.71. The topological polar surface area (TPSA) is 56.7 Å². The van der Waals surface area contributed by atoms with E-state index in [2.05, 4.69) is 32.9 Å². The second kappa shape index (κ2) is 5.42. The molecule has 5 heteroatoms. The van der Waals surface area contributed by atoms with Crippen molar-refractivity contribution >= 4 is 15.9 Å². The molecule has 0 aromatic carbocycles. The summed E-state index contributed by atoms with van der Waals surface area (Å²) in [7, 11) is 0. The van der Waals surface area contributed by atoms with Crippen molar-refractivity contribution in [3.8, 4) is 0 Å². The molecule has 0 saturated heterocycles. The number of aryl methyl sites for hydroxylation is 1. The second-order valence-electron chi connectivity index (χ2n) is 3.89. The van der Waals surface area contributed by atoms with E-state index in [0.29, 0.717) is 0 Å². The Labute approximate surface area is 109 Å². The van der Waals surface area contributed by atoms with Gasteiger partial charge in [-0.1, -0.05) is 0 Å². The lowest BCUT2D eigenvalue weighted by Crippen LogP contribution is -2.15. The maximum absolute atomic E-state index is 6.15. The van der Waals surface area contributed by atoms with Gasteiger partial charge in [0.1, 0.15) is 0 Å². The number of nitrogens with two attached hydrogens (primary N) is 1. The maximum Gasteiger partial charge on any atom is 0.0716 e. The number of nitrogens with zero attached hydrogens (tertiary/aromatic N) is 3. The van der Waals surface area contributed by atoms with Crippen molar-refractivity contribution in [1.82, 2.24) is 14.8 Å². The molecule has 0 spiro atoms. The van der Waals surface area contributed by atoms with Crippen LogP contribution in [0.15, 0.2) is 35.2 Å². The van der Waals surface area contributed by atoms with E-state index in [1.54, 1.807) is 6.20 Å². The summed E-state index contributed by atoms with van der Waals surface area (Å²) in [4.78, 5) is 4.30. The van der Waals surface area contributed by atoms with Gasteiger partial charge >= 0.3 is 0 Å². The fraction of sp³-hybridized carbons (Fsp3) is 0.333. The predicted molar refractivity (Wildman–Crippen MR) is 70.5 cm³/mol. The molecule has 0 bridgehead atoms. The Hall–Kier alpha value is -1.20. The van der Waals surface area contributed by atoms with E-state index in [4.69, 9.17) is 5.73 Å². The first kappa shape index (κ1) is 12.3. The Bertz CT molecular complexity index is 495. The summed E-state index contributed by atoms with van der Waals surface area (Å²) >= 11 is 3.47. The van der Waals surface area contributed by atoms with E-state index in [1.807, 2.05) is 29.2 Å². The molecule has 0 aliphatic heterocycles. The highest BCUT2D eigenvalue weighted by molar-refractivity contribution is 9.10. The molecule has 0 fully saturated rings. The van der Waals surface area contributed by atoms with Crippen LogP contribution in [0.5, 0.6) is 0 Å². The minimum atomic E-state index is -0.111. The molecule has 4 nitrogen and oxygen atoms in total. The summed E-state index contributed by atoms with van der Waals surface area (Å²) in [6.07, 6.45) is 6.39. The van der Waals surface area contributed by atoms with Crippen LogP contribution in [0.1, 0.15) is 24.2 Å². The lowest BCUT2D eigenvalue weighted by atomic mass is 10.1. The minimum absolute atomic E-state index is 0.111. The van der Waals surface area contributed by atoms with Crippen LogP contribution >= 0.6 is 15.9 Å². The molecule has 1 atom stereocenters. The van der Waals surface area contributed by atoms with Crippen molar-refractivity contribution in [2.75, 3.05) is 0 Å². The van der Waals surface area contributed by atoms with Gasteiger partial charge in [-0.15, -0.1) is 0 Å². The average Bonchev–Trinajstić information content (AvgIpc) is 2.77. The Morgan fingerprint density at radius 1 is 1.53 bits per heavy atom. The monoisotopic (exact) mass is 294 g/mol. The molecule has 0 aliphatic carbocycles. The molecule has 90 valence electrons. The number of aromatic nitrogens is 3. The second-order valence-corrected chi connectivity index (χ2v) is 4.74. The van der Waals surface area contributed by atoms with Crippen LogP contribution in [0.3, 0.4) is 0 Å². The summed E-state index contributed by atoms with van der Waals surface area (Å²) < 4.78 is 2.85. The molecule has 0 aliphatic rings. The van der Waals surface area contributed by atoms with Crippen LogP contribution in [0.2, 0.25) is 0 Å². The fourth-order valence-corrected chi connectivity index (χ4v) is 2.26. The van der Waals surface area contributed by atoms with Crippen LogP contribution in [-0.4, -0.2) is 14.8 Å². The third-order valence-electron chi connectivity index (χ3n) is 2.60. The van der Waals surface area contributed by atoms with Gasteiger partial charge in [0.05, 0.1) is 17.9 Å². The van der Waals surface area contributed by atoms with Gasteiger partial charge in [0.15, 0.2) is 0 Å². The van der Waals surface area contributed by atoms with Gasteiger partial charge < -0.3 is 5.73 Å². The molecule has 2 aromatic heterocycles. The Balaban J connectivity index is 2.11. The number of hydrogen-bond acceptors (Lipinski definition) is 3. The molecular weight excluding hydrogens is 280 g/mol. The lowest BCUT2D eigenvalue weighted by molar-refractivity contribution is 0.656. The molecule has 17 heavy (non-hydrogen) atoms. The van der Waals surface area contributed by atoms with Crippen LogP contribution in [0.25, 0.3) is 0 Å². The van der Waals surface area contributed by atoms with Gasteiger partial charge in [0.2, 0.25) is 0 Å². The van der Waals surface area contributed by atoms with Gasteiger partial charge in [0, 0.05) is 23.4 Å². The molecule has 2 heterocycles. The van der Waals surface area contributed by atoms with Gasteiger partial charge in [-0.05, 0) is 47.0 Å². The minimum Gasteiger partial charge on any atom is -0.322 e. The van der Waals surface area contributed by atoms with Crippen molar-refractivity contribution in [3.05, 3.63) is 46.5 Å². The summed E-state index contributed by atoms with van der Waals surface area (Å²) in [5.74, 6) is 0. The number of hydrogen-bond donors (Lipinski definition) is 1. The zero-order valence-corrected chi connectivity index (χ0v) is 11.3. The van der Waals surface area contributed by atoms with Crippen LogP contribution in [0.4, 0.5) is 0 Å². The van der Waals surface area contributed by atoms with Gasteiger partial charge in [-0.2, -0.15) is 5.10 Å². The van der Waals surface area contributed by atoms with E-state index < -0.39 is 0 Å². The molecule has 2 N–H and O–H groups in total. The van der Waals surface area contributed by atoms with Crippen molar-refractivity contribution in [2.24, 2.45) is 5.73 Å². The van der Waals surface area contributed by atoms with Crippen LogP contribution in [-0.2, 0) is 13.0 Å². The molecule has 2 rings (SSSR count). The summed E-state index contributed by atoms with van der Waals surface area (Å²) in [6, 6.07) is 3.73. The Morgan fingerprint density at radius 2 is 2.35 bits per heavy atom. The normalized spacial score (nSPS) is 12.6. The number of rotatable bonds is 4. The summed E-state index contributed by atoms with van der Waals surface area (Å²) in [5.41, 5.74) is 8.17. The van der Waals surface area contributed by atoms with Crippen LogP contribution in [0, 0.1) is 0 Å². The molecule has 0 saturated carbocycles. The first-order chi connectivity index (χ1) is 8.20. The van der Waals surface area contributed by atoms with Gasteiger partial charge in [-0.3, -0.25) is 9.67 Å². The van der Waals surface area contributed by atoms with E-state index in [-0.39, 0.29) is 6.04 Å². The van der Waals surface area contributed by atoms with Gasteiger partial charge in [-0.25, -0.2) is 0 Å². The van der Waals surface area contributed by atoms with Crippen molar-refractivity contribution in [3.63, 3.8) is 0 Å². The highest BCUT2D eigenvalue weighted by Crippen LogP contribution is 2.21. The molecule has 0 amide bonds. The first-order valence-electron chi connectivity index (χ1n) is 5.58. The van der Waals surface area contributed by atoms with E-state index in [9.17, 15) is 0 Å². The predicted octanol–water partition coefficient (Wildman–Crippen LogP) is 2.30. The first-order valence-corrected chi connectivity index (χ1v) is 6.37. The molecule has 0 radical (unpaired) electrons. The largest absolute Gasteiger partial charge is 0.322 e. The molecule has 1 unspecified atom stereocenters. The van der Waals surface area contributed by atoms with E-state index in [0.717, 1.165) is 28.7 Å². The van der Waals surface area contributed by atoms with Crippen molar-refractivity contribution in [2.45, 2.75) is 25.9 Å². The number of halogens is 1. The summed E-state index contributed by atoms with van der Waals surface area (Å²) in [6.45, 7) is 2.94. The van der Waals surface area contributed by atoms with Crippen molar-refractivity contribution in [1.29, 1.82) is 0 Å². The molecule has 2 aromatic rings. The lowest BCUT2D eigenvalue weighted by Gasteiger charge is -2.11. The Morgan fingerprint density at radius 3 is 3.00 bits per heavy atom. The van der Waals surface area contributed by atoms with Crippen LogP contribution < -0.4 is 5.73 Å². The van der Waals surface area contributed by atoms with E-state index >= 15 is 0 Å². The maximum atomic E-state index is 6.15. The molecular formula is C12H15BrN4.